The highest BCUT2D eigenvalue weighted by Crippen LogP contribution is 2.26. The van der Waals surface area contributed by atoms with Gasteiger partial charge in [0.2, 0.25) is 0 Å². The molecule has 0 radical (unpaired) electrons. The monoisotopic (exact) mass is 359 g/mol. The number of hydrogen-bond donors (Lipinski definition) is 1. The minimum atomic E-state index is -0.402. The molecular weight excluding hydrogens is 341 g/mol. The van der Waals surface area contributed by atoms with Crippen LogP contribution >= 0.6 is 0 Å². The van der Waals surface area contributed by atoms with Gasteiger partial charge in [0, 0.05) is 24.3 Å². The summed E-state index contributed by atoms with van der Waals surface area (Å²) in [7, 11) is 1.91. The van der Waals surface area contributed by atoms with Gasteiger partial charge in [-0.3, -0.25) is 4.79 Å². The van der Waals surface area contributed by atoms with E-state index in [1.807, 2.05) is 61.1 Å². The molecule has 27 heavy (non-hydrogen) atoms. The molecule has 1 N–H and O–H groups in total. The summed E-state index contributed by atoms with van der Waals surface area (Å²) in [6.45, 7) is 1.98. The average molecular weight is 359 g/mol. The van der Waals surface area contributed by atoms with Gasteiger partial charge in [-0.25, -0.2) is 9.37 Å². The van der Waals surface area contributed by atoms with Gasteiger partial charge in [0.15, 0.2) is 0 Å². The van der Waals surface area contributed by atoms with Crippen molar-refractivity contribution in [2.24, 2.45) is 7.05 Å². The zero-order chi connectivity index (χ0) is 19.0. The molecule has 4 aromatic rings. The molecule has 2 heterocycles. The van der Waals surface area contributed by atoms with E-state index in [1.54, 1.807) is 12.1 Å². The Morgan fingerprint density at radius 1 is 1.07 bits per heavy atom. The van der Waals surface area contributed by atoms with Gasteiger partial charge in [0.25, 0.3) is 5.91 Å². The van der Waals surface area contributed by atoms with Gasteiger partial charge in [0.1, 0.15) is 5.82 Å². The molecule has 4 rings (SSSR count). The number of nitrogens with one attached hydrogen (secondary N) is 1. The Morgan fingerprint density at radius 3 is 2.56 bits per heavy atom. The SMILES string of the molecule is Cc1ccc(NC(=O)c2cc(-c3cccn3C)nc3ccc(F)cc23)cc1. The molecule has 0 unspecified atom stereocenters. The summed E-state index contributed by atoms with van der Waals surface area (Å²) in [4.78, 5) is 17.6. The number of nitrogens with zero attached hydrogens (tertiary/aromatic N) is 2. The molecule has 0 aliphatic heterocycles. The number of carbonyl (C=O) groups is 1. The minimum absolute atomic E-state index is 0.299. The fourth-order valence-electron chi connectivity index (χ4n) is 3.08. The first-order chi connectivity index (χ1) is 13.0. The van der Waals surface area contributed by atoms with E-state index < -0.39 is 5.82 Å². The lowest BCUT2D eigenvalue weighted by Gasteiger charge is -2.11. The maximum atomic E-state index is 13.8. The highest BCUT2D eigenvalue weighted by Gasteiger charge is 2.16. The molecule has 134 valence electrons. The molecule has 0 aliphatic rings. The standard InChI is InChI=1S/C22H18FN3O/c1-14-5-8-16(9-6-14)24-22(27)18-13-20(21-4-3-11-26(21)2)25-19-10-7-15(23)12-17(18)19/h3-13H,1-2H3,(H,24,27). The smallest absolute Gasteiger partial charge is 0.256 e. The van der Waals surface area contributed by atoms with E-state index in [-0.39, 0.29) is 5.91 Å². The van der Waals surface area contributed by atoms with Crippen molar-refractivity contribution in [3.63, 3.8) is 0 Å². The fourth-order valence-corrected chi connectivity index (χ4v) is 3.08. The van der Waals surface area contributed by atoms with E-state index in [1.165, 1.54) is 12.1 Å². The average Bonchev–Trinajstić information content (AvgIpc) is 3.08. The van der Waals surface area contributed by atoms with Gasteiger partial charge in [-0.05, 0) is 55.5 Å². The lowest BCUT2D eigenvalue weighted by atomic mass is 10.1. The van der Waals surface area contributed by atoms with E-state index in [9.17, 15) is 9.18 Å². The molecule has 0 spiro atoms. The second kappa shape index (κ2) is 6.68. The number of halogens is 1. The Balaban J connectivity index is 1.84. The zero-order valence-electron chi connectivity index (χ0n) is 15.0. The van der Waals surface area contributed by atoms with E-state index in [4.69, 9.17) is 0 Å². The fraction of sp³-hybridized carbons (Fsp3) is 0.0909. The molecule has 2 aromatic heterocycles. The van der Waals surface area contributed by atoms with Gasteiger partial charge < -0.3 is 9.88 Å². The number of anilines is 1. The van der Waals surface area contributed by atoms with Gasteiger partial charge in [-0.2, -0.15) is 0 Å². The molecule has 5 heteroatoms. The molecule has 0 fully saturated rings. The molecule has 0 saturated heterocycles. The number of pyridine rings is 1. The Kier molecular flexibility index (Phi) is 4.20. The molecule has 0 aliphatic carbocycles. The van der Waals surface area contributed by atoms with E-state index in [0.29, 0.717) is 27.8 Å². The van der Waals surface area contributed by atoms with Crippen LogP contribution in [0.25, 0.3) is 22.3 Å². The molecule has 0 saturated carbocycles. The van der Waals surface area contributed by atoms with Crippen LogP contribution in [0.3, 0.4) is 0 Å². The Labute approximate surface area is 156 Å². The predicted molar refractivity (Wildman–Crippen MR) is 105 cm³/mol. The molecule has 0 bridgehead atoms. The number of rotatable bonds is 3. The van der Waals surface area contributed by atoms with Crippen molar-refractivity contribution in [3.05, 3.63) is 83.8 Å². The summed E-state index contributed by atoms with van der Waals surface area (Å²) < 4.78 is 15.8. The summed E-state index contributed by atoms with van der Waals surface area (Å²) >= 11 is 0. The van der Waals surface area contributed by atoms with Crippen LogP contribution < -0.4 is 5.32 Å². The molecule has 2 aromatic carbocycles. The van der Waals surface area contributed by atoms with E-state index in [0.717, 1.165) is 11.3 Å². The summed E-state index contributed by atoms with van der Waals surface area (Å²) in [6, 6.07) is 17.4. The van der Waals surface area contributed by atoms with Gasteiger partial charge in [0.05, 0.1) is 22.5 Å². The predicted octanol–water partition coefficient (Wildman–Crippen LogP) is 4.94. The van der Waals surface area contributed by atoms with Crippen LogP contribution in [0, 0.1) is 12.7 Å². The van der Waals surface area contributed by atoms with Crippen molar-refractivity contribution in [2.75, 3.05) is 5.32 Å². The first kappa shape index (κ1) is 17.0. The van der Waals surface area contributed by atoms with Gasteiger partial charge in [-0.1, -0.05) is 17.7 Å². The number of fused-ring (bicyclic) bond motifs is 1. The Hall–Kier alpha value is -3.47. The van der Waals surface area contributed by atoms with E-state index >= 15 is 0 Å². The lowest BCUT2D eigenvalue weighted by molar-refractivity contribution is 0.102. The van der Waals surface area contributed by atoms with Crippen LogP contribution in [0.1, 0.15) is 15.9 Å². The number of hydrogen-bond acceptors (Lipinski definition) is 2. The van der Waals surface area contributed by atoms with Gasteiger partial charge >= 0.3 is 0 Å². The van der Waals surface area contributed by atoms with Gasteiger partial charge in [-0.15, -0.1) is 0 Å². The van der Waals surface area contributed by atoms with Crippen LogP contribution in [-0.4, -0.2) is 15.5 Å². The van der Waals surface area contributed by atoms with E-state index in [2.05, 4.69) is 10.3 Å². The Bertz CT molecular complexity index is 1150. The zero-order valence-corrected chi connectivity index (χ0v) is 15.0. The largest absolute Gasteiger partial charge is 0.349 e. The number of aromatic nitrogens is 2. The quantitative estimate of drug-likeness (QED) is 0.563. The summed E-state index contributed by atoms with van der Waals surface area (Å²) in [5.41, 5.74) is 4.30. The third-order valence-corrected chi connectivity index (χ3v) is 4.53. The topological polar surface area (TPSA) is 46.9 Å². The van der Waals surface area contributed by atoms with Crippen LogP contribution in [0.5, 0.6) is 0 Å². The molecule has 0 atom stereocenters. The third-order valence-electron chi connectivity index (χ3n) is 4.53. The number of benzene rings is 2. The first-order valence-corrected chi connectivity index (χ1v) is 8.61. The highest BCUT2D eigenvalue weighted by atomic mass is 19.1. The van der Waals surface area contributed by atoms with Crippen molar-refractivity contribution in [2.45, 2.75) is 6.92 Å². The summed E-state index contributed by atoms with van der Waals surface area (Å²) in [6.07, 6.45) is 1.91. The van der Waals surface area contributed by atoms with Crippen LogP contribution in [0.2, 0.25) is 0 Å². The van der Waals surface area contributed by atoms with Crippen molar-refractivity contribution < 1.29 is 9.18 Å². The van der Waals surface area contributed by atoms with Crippen molar-refractivity contribution in [1.82, 2.24) is 9.55 Å². The number of amides is 1. The minimum Gasteiger partial charge on any atom is -0.349 e. The maximum absolute atomic E-state index is 13.8. The van der Waals surface area contributed by atoms with Crippen molar-refractivity contribution in [1.29, 1.82) is 0 Å². The molecule has 4 nitrogen and oxygen atoms in total. The van der Waals surface area contributed by atoms with Crippen LogP contribution in [0.4, 0.5) is 10.1 Å². The molecule has 1 amide bonds. The normalized spacial score (nSPS) is 10.9. The third kappa shape index (κ3) is 3.31. The second-order valence-electron chi connectivity index (χ2n) is 6.54. The highest BCUT2D eigenvalue weighted by molar-refractivity contribution is 6.13. The van der Waals surface area contributed by atoms with Crippen LogP contribution in [-0.2, 0) is 7.05 Å². The number of aryl methyl sites for hydroxylation is 2. The second-order valence-corrected chi connectivity index (χ2v) is 6.54. The van der Waals surface area contributed by atoms with Crippen LogP contribution in [0.15, 0.2) is 66.9 Å². The molecular formula is C22H18FN3O. The summed E-state index contributed by atoms with van der Waals surface area (Å²) in [5, 5.41) is 3.37. The number of carbonyl (C=O) groups excluding carboxylic acids is 1. The summed E-state index contributed by atoms with van der Waals surface area (Å²) in [5.74, 6) is -0.701. The Morgan fingerprint density at radius 2 is 1.85 bits per heavy atom. The van der Waals surface area contributed by atoms with Crippen molar-refractivity contribution >= 4 is 22.5 Å². The van der Waals surface area contributed by atoms with Crippen molar-refractivity contribution in [3.8, 4) is 11.4 Å². The maximum Gasteiger partial charge on any atom is 0.256 e. The first-order valence-electron chi connectivity index (χ1n) is 8.61. The lowest BCUT2D eigenvalue weighted by Crippen LogP contribution is -2.13.